The van der Waals surface area contributed by atoms with Crippen molar-refractivity contribution in [2.24, 2.45) is 0 Å². The molecule has 0 saturated carbocycles. The first-order valence-corrected chi connectivity index (χ1v) is 7.60. The van der Waals surface area contributed by atoms with Gasteiger partial charge >= 0.3 is 0 Å². The van der Waals surface area contributed by atoms with Gasteiger partial charge in [0.25, 0.3) is 0 Å². The molecule has 0 aliphatic carbocycles. The molecular weight excluding hydrogens is 306 g/mol. The summed E-state index contributed by atoms with van der Waals surface area (Å²) in [6.07, 6.45) is 0. The van der Waals surface area contributed by atoms with Crippen molar-refractivity contribution >= 4 is 11.6 Å². The fourth-order valence-electron chi connectivity index (χ4n) is 2.31. The van der Waals surface area contributed by atoms with Gasteiger partial charge in [-0.15, -0.1) is 0 Å². The molecule has 3 rings (SSSR count). The zero-order chi connectivity index (χ0) is 16.1. The number of benzene rings is 3. The third kappa shape index (κ3) is 3.91. The van der Waals surface area contributed by atoms with Crippen molar-refractivity contribution in [1.82, 2.24) is 0 Å². The second kappa shape index (κ2) is 7.00. The monoisotopic (exact) mass is 319 g/mol. The zero-order valence-corrected chi connectivity index (χ0v) is 13.1. The van der Waals surface area contributed by atoms with Crippen molar-refractivity contribution in [1.29, 1.82) is 5.26 Å². The summed E-state index contributed by atoms with van der Waals surface area (Å²) >= 11 is 6.05. The smallest absolute Gasteiger partial charge is 0.119 e. The minimum Gasteiger partial charge on any atom is -0.489 e. The summed E-state index contributed by atoms with van der Waals surface area (Å²) in [4.78, 5) is 0. The highest BCUT2D eigenvalue weighted by atomic mass is 35.5. The molecule has 0 aliphatic rings. The van der Waals surface area contributed by atoms with Gasteiger partial charge in [0.2, 0.25) is 0 Å². The first-order chi connectivity index (χ1) is 11.2. The Balaban J connectivity index is 1.75. The minimum atomic E-state index is 0.538. The van der Waals surface area contributed by atoms with Crippen LogP contribution in [-0.4, -0.2) is 0 Å². The molecule has 0 aliphatic heterocycles. The van der Waals surface area contributed by atoms with Crippen molar-refractivity contribution in [3.8, 4) is 22.9 Å². The molecule has 0 fully saturated rings. The van der Waals surface area contributed by atoms with Gasteiger partial charge in [-0.3, -0.25) is 0 Å². The summed E-state index contributed by atoms with van der Waals surface area (Å²) in [6, 6.07) is 25.3. The molecule has 0 atom stereocenters. The first-order valence-electron chi connectivity index (χ1n) is 7.22. The molecule has 0 heterocycles. The van der Waals surface area contributed by atoms with E-state index in [4.69, 9.17) is 21.6 Å². The second-order valence-corrected chi connectivity index (χ2v) is 5.58. The molecule has 0 aromatic heterocycles. The molecule has 3 aromatic rings. The number of halogens is 1. The molecule has 0 bridgehead atoms. The van der Waals surface area contributed by atoms with Gasteiger partial charge in [0, 0.05) is 5.02 Å². The van der Waals surface area contributed by atoms with Crippen LogP contribution in [0.5, 0.6) is 5.75 Å². The molecule has 0 unspecified atom stereocenters. The normalized spacial score (nSPS) is 10.1. The minimum absolute atomic E-state index is 0.538. The Morgan fingerprint density at radius 2 is 1.61 bits per heavy atom. The van der Waals surface area contributed by atoms with Crippen LogP contribution in [0.4, 0.5) is 0 Å². The number of rotatable bonds is 4. The largest absolute Gasteiger partial charge is 0.489 e. The number of nitrogens with zero attached hydrogens (tertiary/aromatic N) is 1. The maximum absolute atomic E-state index is 9.03. The highest BCUT2D eigenvalue weighted by molar-refractivity contribution is 6.31. The molecule has 3 heteroatoms. The average Bonchev–Trinajstić information content (AvgIpc) is 2.60. The van der Waals surface area contributed by atoms with Crippen molar-refractivity contribution in [2.75, 3.05) is 0 Å². The standard InChI is InChI=1S/C20H14ClNO/c21-19-11-16(13-22)10-18(12-19)17-6-8-20(9-7-17)23-14-15-4-2-1-3-5-15/h1-12H,14H2. The van der Waals surface area contributed by atoms with Crippen LogP contribution in [0.3, 0.4) is 0 Å². The Morgan fingerprint density at radius 3 is 2.30 bits per heavy atom. The van der Waals surface area contributed by atoms with Gasteiger partial charge in [-0.05, 0) is 47.0 Å². The lowest BCUT2D eigenvalue weighted by Crippen LogP contribution is -1.94. The Labute approximate surface area is 140 Å². The summed E-state index contributed by atoms with van der Waals surface area (Å²) in [5.74, 6) is 0.806. The van der Waals surface area contributed by atoms with Gasteiger partial charge in [-0.1, -0.05) is 54.1 Å². The van der Waals surface area contributed by atoms with Crippen LogP contribution < -0.4 is 4.74 Å². The highest BCUT2D eigenvalue weighted by Crippen LogP contribution is 2.26. The van der Waals surface area contributed by atoms with Crippen LogP contribution in [-0.2, 0) is 6.61 Å². The Bertz CT molecular complexity index is 836. The van der Waals surface area contributed by atoms with E-state index in [0.717, 1.165) is 22.4 Å². The van der Waals surface area contributed by atoms with E-state index < -0.39 is 0 Å². The van der Waals surface area contributed by atoms with E-state index in [1.807, 2.05) is 66.7 Å². The lowest BCUT2D eigenvalue weighted by molar-refractivity contribution is 0.306. The van der Waals surface area contributed by atoms with Gasteiger partial charge in [-0.25, -0.2) is 0 Å². The zero-order valence-electron chi connectivity index (χ0n) is 12.4. The number of ether oxygens (including phenoxy) is 1. The summed E-state index contributed by atoms with van der Waals surface area (Å²) in [6.45, 7) is 0.538. The molecule has 0 saturated heterocycles. The molecular formula is C20H14ClNO. The third-order valence-electron chi connectivity index (χ3n) is 3.46. The van der Waals surface area contributed by atoms with Crippen LogP contribution in [0.2, 0.25) is 5.02 Å². The van der Waals surface area contributed by atoms with Gasteiger partial charge in [-0.2, -0.15) is 5.26 Å². The fraction of sp³-hybridized carbons (Fsp3) is 0.0500. The van der Waals surface area contributed by atoms with E-state index in [0.29, 0.717) is 17.2 Å². The molecule has 0 spiro atoms. The Morgan fingerprint density at radius 1 is 0.870 bits per heavy atom. The average molecular weight is 320 g/mol. The quantitative estimate of drug-likeness (QED) is 0.640. The second-order valence-electron chi connectivity index (χ2n) is 5.14. The first kappa shape index (κ1) is 15.1. The predicted molar refractivity (Wildman–Crippen MR) is 92.4 cm³/mol. The van der Waals surface area contributed by atoms with Crippen molar-refractivity contribution in [2.45, 2.75) is 6.61 Å². The molecule has 0 radical (unpaired) electrons. The third-order valence-corrected chi connectivity index (χ3v) is 3.68. The van der Waals surface area contributed by atoms with Gasteiger partial charge in [0.1, 0.15) is 12.4 Å². The number of hydrogen-bond acceptors (Lipinski definition) is 2. The summed E-state index contributed by atoms with van der Waals surface area (Å²) in [5, 5.41) is 9.59. The topological polar surface area (TPSA) is 33.0 Å². The van der Waals surface area contributed by atoms with Crippen molar-refractivity contribution in [3.63, 3.8) is 0 Å². The van der Waals surface area contributed by atoms with E-state index >= 15 is 0 Å². The van der Waals surface area contributed by atoms with Gasteiger partial charge in [0.15, 0.2) is 0 Å². The summed E-state index contributed by atoms with van der Waals surface area (Å²) < 4.78 is 5.77. The van der Waals surface area contributed by atoms with Crippen molar-refractivity contribution < 1.29 is 4.74 Å². The Hall–Kier alpha value is -2.76. The fourth-order valence-corrected chi connectivity index (χ4v) is 2.54. The van der Waals surface area contributed by atoms with E-state index in [-0.39, 0.29) is 0 Å². The summed E-state index contributed by atoms with van der Waals surface area (Å²) in [7, 11) is 0. The molecule has 112 valence electrons. The van der Waals surface area contributed by atoms with Crippen LogP contribution >= 0.6 is 11.6 Å². The van der Waals surface area contributed by atoms with Crippen LogP contribution in [0, 0.1) is 11.3 Å². The van der Waals surface area contributed by atoms with Crippen LogP contribution in [0.15, 0.2) is 72.8 Å². The maximum atomic E-state index is 9.03. The molecule has 3 aromatic carbocycles. The number of hydrogen-bond donors (Lipinski definition) is 0. The highest BCUT2D eigenvalue weighted by Gasteiger charge is 2.03. The Kier molecular flexibility index (Phi) is 4.61. The lowest BCUT2D eigenvalue weighted by Gasteiger charge is -2.08. The SMILES string of the molecule is N#Cc1cc(Cl)cc(-c2ccc(OCc3ccccc3)cc2)c1. The molecule has 0 N–H and O–H groups in total. The van der Waals surface area contributed by atoms with Crippen molar-refractivity contribution in [3.05, 3.63) is 88.9 Å². The lowest BCUT2D eigenvalue weighted by atomic mass is 10.0. The molecule has 23 heavy (non-hydrogen) atoms. The van der Waals surface area contributed by atoms with Gasteiger partial charge < -0.3 is 4.74 Å². The van der Waals surface area contributed by atoms with E-state index in [1.165, 1.54) is 0 Å². The van der Waals surface area contributed by atoms with E-state index in [1.54, 1.807) is 6.07 Å². The maximum Gasteiger partial charge on any atom is 0.119 e. The van der Waals surface area contributed by atoms with Crippen LogP contribution in [0.25, 0.3) is 11.1 Å². The molecule has 2 nitrogen and oxygen atoms in total. The number of nitriles is 1. The van der Waals surface area contributed by atoms with Gasteiger partial charge in [0.05, 0.1) is 11.6 Å². The van der Waals surface area contributed by atoms with Crippen LogP contribution in [0.1, 0.15) is 11.1 Å². The van der Waals surface area contributed by atoms with E-state index in [9.17, 15) is 0 Å². The summed E-state index contributed by atoms with van der Waals surface area (Å²) in [5.41, 5.74) is 3.60. The van der Waals surface area contributed by atoms with E-state index in [2.05, 4.69) is 6.07 Å². The predicted octanol–water partition coefficient (Wildman–Crippen LogP) is 5.46. The molecule has 0 amide bonds.